The molecule has 6 nitrogen and oxygen atoms in total. The molecule has 1 amide bonds. The Labute approximate surface area is 172 Å². The fourth-order valence-corrected chi connectivity index (χ4v) is 4.57. The van der Waals surface area contributed by atoms with Crippen molar-refractivity contribution in [1.82, 2.24) is 14.9 Å². The summed E-state index contributed by atoms with van der Waals surface area (Å²) in [4.78, 5) is 24.1. The summed E-state index contributed by atoms with van der Waals surface area (Å²) in [6, 6.07) is 8.19. The first-order chi connectivity index (χ1) is 14.2. The van der Waals surface area contributed by atoms with Gasteiger partial charge in [-0.3, -0.25) is 4.79 Å². The maximum atomic E-state index is 10.9. The number of hydrogen-bond acceptors (Lipinski definition) is 5. The van der Waals surface area contributed by atoms with Crippen LogP contribution in [-0.4, -0.2) is 54.6 Å². The fraction of sp³-hybridized carbons (Fsp3) is 0.522. The summed E-state index contributed by atoms with van der Waals surface area (Å²) in [5, 5.41) is 0. The molecule has 0 spiro atoms. The highest BCUT2D eigenvalue weighted by Crippen LogP contribution is 2.32. The third kappa shape index (κ3) is 4.93. The second-order valence-corrected chi connectivity index (χ2v) is 8.27. The number of hydrogen-bond donors (Lipinski definition) is 0. The molecule has 0 aliphatic carbocycles. The maximum absolute atomic E-state index is 10.9. The molecule has 2 aliphatic rings. The maximum Gasteiger partial charge on any atom is 0.225 e. The number of amides is 1. The molecule has 6 heteroatoms. The van der Waals surface area contributed by atoms with Gasteiger partial charge in [-0.05, 0) is 54.7 Å². The number of rotatable bonds is 6. The molecule has 2 aromatic rings. The molecule has 4 rings (SSSR count). The van der Waals surface area contributed by atoms with Crippen molar-refractivity contribution >= 4 is 12.4 Å². The van der Waals surface area contributed by atoms with Crippen molar-refractivity contribution in [2.24, 2.45) is 11.8 Å². The molecule has 2 saturated heterocycles. The Morgan fingerprint density at radius 3 is 2.45 bits per heavy atom. The van der Waals surface area contributed by atoms with E-state index in [9.17, 15) is 4.79 Å². The van der Waals surface area contributed by atoms with E-state index in [1.807, 2.05) is 24.5 Å². The van der Waals surface area contributed by atoms with Gasteiger partial charge in [-0.1, -0.05) is 18.2 Å². The van der Waals surface area contributed by atoms with Gasteiger partial charge >= 0.3 is 0 Å². The van der Waals surface area contributed by atoms with Gasteiger partial charge in [0.1, 0.15) is 0 Å². The monoisotopic (exact) mass is 394 g/mol. The second-order valence-electron chi connectivity index (χ2n) is 8.27. The van der Waals surface area contributed by atoms with Crippen LogP contribution in [0.15, 0.2) is 36.7 Å². The first-order valence-electron chi connectivity index (χ1n) is 10.6. The van der Waals surface area contributed by atoms with E-state index in [1.54, 1.807) is 11.9 Å². The van der Waals surface area contributed by atoms with Crippen molar-refractivity contribution in [2.45, 2.75) is 32.2 Å². The Bertz CT molecular complexity index is 797. The standard InChI is InChI=1S/C23H30N4O2/c1-26(17-28)16-18-3-2-4-21(13-18)22-14-24-23(25-15-22)27-9-5-19(6-10-27)20-7-11-29-12-8-20/h2-4,13-15,17,19-20H,5-12,16H2,1H3. The van der Waals surface area contributed by atoms with E-state index >= 15 is 0 Å². The summed E-state index contributed by atoms with van der Waals surface area (Å²) >= 11 is 0. The van der Waals surface area contributed by atoms with Crippen LogP contribution in [-0.2, 0) is 16.1 Å². The van der Waals surface area contributed by atoms with E-state index in [0.29, 0.717) is 6.54 Å². The first kappa shape index (κ1) is 19.8. The Morgan fingerprint density at radius 2 is 1.76 bits per heavy atom. The van der Waals surface area contributed by atoms with Gasteiger partial charge in [0.2, 0.25) is 12.4 Å². The Kier molecular flexibility index (Phi) is 6.39. The zero-order valence-corrected chi connectivity index (χ0v) is 17.2. The summed E-state index contributed by atoms with van der Waals surface area (Å²) in [7, 11) is 1.78. The third-order valence-corrected chi connectivity index (χ3v) is 6.27. The number of carbonyl (C=O) groups excluding carboxylic acids is 1. The lowest BCUT2D eigenvalue weighted by Crippen LogP contribution is -2.38. The molecule has 0 atom stereocenters. The summed E-state index contributed by atoms with van der Waals surface area (Å²) in [5.74, 6) is 2.48. The molecule has 0 unspecified atom stereocenters. The summed E-state index contributed by atoms with van der Waals surface area (Å²) in [6.07, 6.45) is 9.56. The molecule has 154 valence electrons. The van der Waals surface area contributed by atoms with E-state index in [2.05, 4.69) is 27.0 Å². The number of benzene rings is 1. The quantitative estimate of drug-likeness (QED) is 0.703. The lowest BCUT2D eigenvalue weighted by molar-refractivity contribution is -0.117. The second kappa shape index (κ2) is 9.35. The lowest BCUT2D eigenvalue weighted by atomic mass is 9.80. The average molecular weight is 395 g/mol. The smallest absolute Gasteiger partial charge is 0.225 e. The Morgan fingerprint density at radius 1 is 1.07 bits per heavy atom. The predicted molar refractivity (Wildman–Crippen MR) is 113 cm³/mol. The summed E-state index contributed by atoms with van der Waals surface area (Å²) in [6.45, 7) is 4.53. The molecule has 2 fully saturated rings. The zero-order valence-electron chi connectivity index (χ0n) is 17.2. The fourth-order valence-electron chi connectivity index (χ4n) is 4.57. The van der Waals surface area contributed by atoms with Gasteiger partial charge in [0.05, 0.1) is 0 Å². The average Bonchev–Trinajstić information content (AvgIpc) is 2.80. The summed E-state index contributed by atoms with van der Waals surface area (Å²) in [5.41, 5.74) is 3.17. The van der Waals surface area contributed by atoms with Crippen LogP contribution >= 0.6 is 0 Å². The third-order valence-electron chi connectivity index (χ3n) is 6.27. The highest BCUT2D eigenvalue weighted by atomic mass is 16.5. The van der Waals surface area contributed by atoms with Crippen LogP contribution in [0.1, 0.15) is 31.2 Å². The largest absolute Gasteiger partial charge is 0.381 e. The Balaban J connectivity index is 1.37. The molecule has 3 heterocycles. The van der Waals surface area contributed by atoms with Crippen molar-refractivity contribution in [3.8, 4) is 11.1 Å². The van der Waals surface area contributed by atoms with Gasteiger partial charge in [-0.25, -0.2) is 9.97 Å². The Hall–Kier alpha value is -2.47. The van der Waals surface area contributed by atoms with E-state index in [-0.39, 0.29) is 0 Å². The van der Waals surface area contributed by atoms with Crippen molar-refractivity contribution in [3.63, 3.8) is 0 Å². The van der Waals surface area contributed by atoms with E-state index in [1.165, 1.54) is 25.7 Å². The van der Waals surface area contributed by atoms with Crippen LogP contribution in [0.5, 0.6) is 0 Å². The van der Waals surface area contributed by atoms with Crippen molar-refractivity contribution in [3.05, 3.63) is 42.2 Å². The van der Waals surface area contributed by atoms with Gasteiger partial charge in [-0.2, -0.15) is 0 Å². The number of anilines is 1. The first-order valence-corrected chi connectivity index (χ1v) is 10.6. The number of carbonyl (C=O) groups is 1. The molecule has 0 saturated carbocycles. The van der Waals surface area contributed by atoms with Gasteiger partial charge in [0.25, 0.3) is 0 Å². The minimum absolute atomic E-state index is 0.596. The number of piperidine rings is 1. The van der Waals surface area contributed by atoms with E-state index in [0.717, 1.165) is 67.2 Å². The molecular formula is C23H30N4O2. The number of ether oxygens (including phenoxy) is 1. The zero-order chi connectivity index (χ0) is 20.1. The van der Waals surface area contributed by atoms with Crippen LogP contribution in [0.25, 0.3) is 11.1 Å². The van der Waals surface area contributed by atoms with Crippen molar-refractivity contribution < 1.29 is 9.53 Å². The SMILES string of the molecule is CN(C=O)Cc1cccc(-c2cnc(N3CCC(C4CCOCC4)CC3)nc2)c1. The predicted octanol–water partition coefficient (Wildman–Crippen LogP) is 3.37. The van der Waals surface area contributed by atoms with Gasteiger partial charge in [0.15, 0.2) is 0 Å². The molecule has 1 aromatic carbocycles. The van der Waals surface area contributed by atoms with Gasteiger partial charge in [0, 0.05) is 57.9 Å². The van der Waals surface area contributed by atoms with Crippen molar-refractivity contribution in [2.75, 3.05) is 38.3 Å². The normalized spacial score (nSPS) is 18.6. The molecule has 1 aromatic heterocycles. The van der Waals surface area contributed by atoms with E-state index < -0.39 is 0 Å². The van der Waals surface area contributed by atoms with Crippen LogP contribution < -0.4 is 4.90 Å². The topological polar surface area (TPSA) is 58.6 Å². The van der Waals surface area contributed by atoms with Crippen LogP contribution in [0.2, 0.25) is 0 Å². The lowest BCUT2D eigenvalue weighted by Gasteiger charge is -2.37. The number of aromatic nitrogens is 2. The van der Waals surface area contributed by atoms with E-state index in [4.69, 9.17) is 4.74 Å². The molecule has 0 N–H and O–H groups in total. The van der Waals surface area contributed by atoms with Gasteiger partial charge in [-0.15, -0.1) is 0 Å². The van der Waals surface area contributed by atoms with Crippen molar-refractivity contribution in [1.29, 1.82) is 0 Å². The number of nitrogens with zero attached hydrogens (tertiary/aromatic N) is 4. The highest BCUT2D eigenvalue weighted by Gasteiger charge is 2.28. The molecule has 2 aliphatic heterocycles. The summed E-state index contributed by atoms with van der Waals surface area (Å²) < 4.78 is 5.51. The molecule has 29 heavy (non-hydrogen) atoms. The highest BCUT2D eigenvalue weighted by molar-refractivity contribution is 5.63. The van der Waals surface area contributed by atoms with Crippen LogP contribution in [0, 0.1) is 11.8 Å². The molecule has 0 radical (unpaired) electrons. The van der Waals surface area contributed by atoms with Gasteiger partial charge < -0.3 is 14.5 Å². The van der Waals surface area contributed by atoms with Crippen LogP contribution in [0.4, 0.5) is 5.95 Å². The van der Waals surface area contributed by atoms with Crippen LogP contribution in [0.3, 0.4) is 0 Å². The minimum Gasteiger partial charge on any atom is -0.381 e. The minimum atomic E-state index is 0.596. The molecular weight excluding hydrogens is 364 g/mol. The molecule has 0 bridgehead atoms.